The minimum atomic E-state index is -3.87. The Morgan fingerprint density at radius 3 is 2.09 bits per heavy atom. The van der Waals surface area contributed by atoms with E-state index in [0.717, 1.165) is 5.56 Å². The Kier molecular flexibility index (Phi) is 8.43. The molecule has 0 aromatic heterocycles. The average molecular weight is 480 g/mol. The van der Waals surface area contributed by atoms with E-state index in [1.54, 1.807) is 36.1 Å². The first-order valence-electron chi connectivity index (χ1n) is 11.1. The summed E-state index contributed by atoms with van der Waals surface area (Å²) in [5.41, 5.74) is 1.72. The number of likely N-dealkylation sites (N-methyl/N-ethyl adjacent to an activating group) is 1. The molecule has 0 atom stereocenters. The third-order valence-corrected chi connectivity index (χ3v) is 7.27. The van der Waals surface area contributed by atoms with Crippen LogP contribution in [0.5, 0.6) is 0 Å². The molecular weight excluding hydrogens is 450 g/mol. The summed E-state index contributed by atoms with van der Waals surface area (Å²) in [6.07, 6.45) is 0. The smallest absolute Gasteiger partial charge is 0.264 e. The Balaban J connectivity index is 1.70. The van der Waals surface area contributed by atoms with Gasteiger partial charge in [0, 0.05) is 25.2 Å². The van der Waals surface area contributed by atoms with Crippen LogP contribution in [-0.2, 0) is 21.4 Å². The number of sulfonamides is 1. The maximum Gasteiger partial charge on any atom is 0.264 e. The third kappa shape index (κ3) is 6.02. The molecular formula is C26H29N3O4S. The van der Waals surface area contributed by atoms with Gasteiger partial charge in [0.1, 0.15) is 0 Å². The Hall–Kier alpha value is -3.65. The fourth-order valence-corrected chi connectivity index (χ4v) is 5.08. The summed E-state index contributed by atoms with van der Waals surface area (Å²) in [5, 5.41) is 2.61. The van der Waals surface area contributed by atoms with E-state index in [9.17, 15) is 18.0 Å². The molecule has 178 valence electrons. The maximum absolute atomic E-state index is 13.2. The molecule has 7 nitrogen and oxygen atoms in total. The molecule has 0 unspecified atom stereocenters. The number of para-hydroxylation sites is 1. The van der Waals surface area contributed by atoms with E-state index < -0.39 is 15.9 Å². The number of hydrogen-bond acceptors (Lipinski definition) is 4. The highest BCUT2D eigenvalue weighted by Gasteiger charge is 2.24. The second-order valence-electron chi connectivity index (χ2n) is 7.61. The molecule has 0 aliphatic rings. The molecule has 0 saturated heterocycles. The quantitative estimate of drug-likeness (QED) is 0.481. The summed E-state index contributed by atoms with van der Waals surface area (Å²) >= 11 is 0. The number of hydrogen-bond donors (Lipinski definition) is 1. The van der Waals surface area contributed by atoms with Crippen molar-refractivity contribution in [3.63, 3.8) is 0 Å². The van der Waals surface area contributed by atoms with E-state index in [0.29, 0.717) is 18.8 Å². The van der Waals surface area contributed by atoms with Crippen molar-refractivity contribution in [1.82, 2.24) is 10.2 Å². The standard InChI is InChI=1S/C26H29N3O4S/c1-3-28(20-21-12-7-5-8-13-21)25(30)19-27-26(31)22-14-11-17-24(18-22)34(32,33)29(4-2)23-15-9-6-10-16-23/h5-18H,3-4,19-20H2,1-2H3,(H,27,31). The van der Waals surface area contributed by atoms with Crippen molar-refractivity contribution in [2.24, 2.45) is 0 Å². The van der Waals surface area contributed by atoms with Crippen LogP contribution in [0, 0.1) is 0 Å². The third-order valence-electron chi connectivity index (χ3n) is 5.37. The topological polar surface area (TPSA) is 86.8 Å². The van der Waals surface area contributed by atoms with E-state index >= 15 is 0 Å². The molecule has 0 bridgehead atoms. The van der Waals surface area contributed by atoms with Crippen LogP contribution in [0.4, 0.5) is 5.69 Å². The summed E-state index contributed by atoms with van der Waals surface area (Å²) in [4.78, 5) is 27.0. The SMILES string of the molecule is CCN(Cc1ccccc1)C(=O)CNC(=O)c1cccc(S(=O)(=O)N(CC)c2ccccc2)c1. The van der Waals surface area contributed by atoms with Crippen molar-refractivity contribution in [3.8, 4) is 0 Å². The zero-order chi connectivity index (χ0) is 24.6. The predicted octanol–water partition coefficient (Wildman–Crippen LogP) is 3.68. The van der Waals surface area contributed by atoms with Crippen molar-refractivity contribution in [3.05, 3.63) is 96.1 Å². The summed E-state index contributed by atoms with van der Waals surface area (Å²) in [5.74, 6) is -0.728. The van der Waals surface area contributed by atoms with Gasteiger partial charge in [-0.2, -0.15) is 0 Å². The van der Waals surface area contributed by atoms with Crippen LogP contribution in [0.3, 0.4) is 0 Å². The van der Waals surface area contributed by atoms with E-state index in [1.165, 1.54) is 28.6 Å². The number of nitrogens with one attached hydrogen (secondary N) is 1. The van der Waals surface area contributed by atoms with Gasteiger partial charge in [-0.15, -0.1) is 0 Å². The lowest BCUT2D eigenvalue weighted by Crippen LogP contribution is -2.39. The Morgan fingerprint density at radius 1 is 0.824 bits per heavy atom. The van der Waals surface area contributed by atoms with Gasteiger partial charge in [0.25, 0.3) is 15.9 Å². The molecule has 34 heavy (non-hydrogen) atoms. The molecule has 0 saturated carbocycles. The van der Waals surface area contributed by atoms with Crippen LogP contribution in [0.1, 0.15) is 29.8 Å². The molecule has 2 amide bonds. The Bertz CT molecular complexity index is 1220. The molecule has 1 N–H and O–H groups in total. The summed E-state index contributed by atoms with van der Waals surface area (Å²) in [7, 11) is -3.87. The zero-order valence-corrected chi connectivity index (χ0v) is 20.2. The number of anilines is 1. The minimum Gasteiger partial charge on any atom is -0.343 e. The Labute approximate surface area is 201 Å². The van der Waals surface area contributed by atoms with Crippen LogP contribution in [0.25, 0.3) is 0 Å². The highest BCUT2D eigenvalue weighted by molar-refractivity contribution is 7.92. The van der Waals surface area contributed by atoms with Crippen molar-refractivity contribution >= 4 is 27.5 Å². The molecule has 0 radical (unpaired) electrons. The monoisotopic (exact) mass is 479 g/mol. The molecule has 0 spiro atoms. The van der Waals surface area contributed by atoms with Crippen LogP contribution in [0.15, 0.2) is 89.8 Å². The fraction of sp³-hybridized carbons (Fsp3) is 0.231. The van der Waals surface area contributed by atoms with Crippen LogP contribution < -0.4 is 9.62 Å². The lowest BCUT2D eigenvalue weighted by molar-refractivity contribution is -0.130. The maximum atomic E-state index is 13.2. The lowest BCUT2D eigenvalue weighted by Gasteiger charge is -2.23. The largest absolute Gasteiger partial charge is 0.343 e. The van der Waals surface area contributed by atoms with Crippen LogP contribution in [-0.4, -0.2) is 44.8 Å². The van der Waals surface area contributed by atoms with Gasteiger partial charge in [0.2, 0.25) is 5.91 Å². The second-order valence-corrected chi connectivity index (χ2v) is 9.47. The summed E-state index contributed by atoms with van der Waals surface area (Å²) < 4.78 is 27.8. The number of carbonyl (C=O) groups excluding carboxylic acids is 2. The normalized spacial score (nSPS) is 11.0. The van der Waals surface area contributed by atoms with Gasteiger partial charge in [-0.05, 0) is 49.7 Å². The molecule has 3 aromatic rings. The number of benzene rings is 3. The number of carbonyl (C=O) groups is 2. The summed E-state index contributed by atoms with van der Waals surface area (Å²) in [6.45, 7) is 4.65. The average Bonchev–Trinajstić information content (AvgIpc) is 2.87. The highest BCUT2D eigenvalue weighted by atomic mass is 32.2. The molecule has 0 heterocycles. The van der Waals surface area contributed by atoms with Gasteiger partial charge in [-0.1, -0.05) is 54.6 Å². The van der Waals surface area contributed by atoms with Gasteiger partial charge in [-0.25, -0.2) is 8.42 Å². The van der Waals surface area contributed by atoms with Crippen LogP contribution >= 0.6 is 0 Å². The Morgan fingerprint density at radius 2 is 1.47 bits per heavy atom. The van der Waals surface area contributed by atoms with Gasteiger partial charge < -0.3 is 10.2 Å². The number of rotatable bonds is 10. The first kappa shape index (κ1) is 25.0. The van der Waals surface area contributed by atoms with Crippen molar-refractivity contribution in [2.75, 3.05) is 23.9 Å². The molecule has 3 aromatic carbocycles. The fourth-order valence-electron chi connectivity index (χ4n) is 3.56. The first-order valence-corrected chi connectivity index (χ1v) is 12.6. The number of amides is 2. The van der Waals surface area contributed by atoms with E-state index in [4.69, 9.17) is 0 Å². The second kappa shape index (κ2) is 11.5. The highest BCUT2D eigenvalue weighted by Crippen LogP contribution is 2.23. The summed E-state index contributed by atoms with van der Waals surface area (Å²) in [6, 6.07) is 24.3. The van der Waals surface area contributed by atoms with E-state index in [1.807, 2.05) is 43.3 Å². The van der Waals surface area contributed by atoms with E-state index in [2.05, 4.69) is 5.32 Å². The molecule has 0 aliphatic heterocycles. The van der Waals surface area contributed by atoms with Crippen LogP contribution in [0.2, 0.25) is 0 Å². The van der Waals surface area contributed by atoms with Crippen molar-refractivity contribution in [1.29, 1.82) is 0 Å². The molecule has 8 heteroatoms. The minimum absolute atomic E-state index is 0.0106. The zero-order valence-electron chi connectivity index (χ0n) is 19.3. The number of nitrogens with zero attached hydrogens (tertiary/aromatic N) is 2. The molecule has 0 fully saturated rings. The van der Waals surface area contributed by atoms with Crippen molar-refractivity contribution in [2.45, 2.75) is 25.3 Å². The van der Waals surface area contributed by atoms with Crippen molar-refractivity contribution < 1.29 is 18.0 Å². The predicted molar refractivity (Wildman–Crippen MR) is 133 cm³/mol. The van der Waals surface area contributed by atoms with Gasteiger partial charge in [0.05, 0.1) is 17.1 Å². The first-order chi connectivity index (χ1) is 16.4. The van der Waals surface area contributed by atoms with E-state index in [-0.39, 0.29) is 29.5 Å². The molecule has 3 rings (SSSR count). The lowest BCUT2D eigenvalue weighted by atomic mass is 10.2. The van der Waals surface area contributed by atoms with Gasteiger partial charge >= 0.3 is 0 Å². The van der Waals surface area contributed by atoms with Gasteiger partial charge in [0.15, 0.2) is 0 Å². The van der Waals surface area contributed by atoms with Gasteiger partial charge in [-0.3, -0.25) is 13.9 Å². The molecule has 0 aliphatic carbocycles.